The summed E-state index contributed by atoms with van der Waals surface area (Å²) >= 11 is 0. The van der Waals surface area contributed by atoms with Gasteiger partial charge in [0.15, 0.2) is 0 Å². The van der Waals surface area contributed by atoms with E-state index in [1.165, 1.54) is 5.56 Å². The number of unbranched alkanes of at least 4 members (excludes halogenated alkanes) is 1. The highest BCUT2D eigenvalue weighted by molar-refractivity contribution is 5.39. The first-order valence-corrected chi connectivity index (χ1v) is 7.19. The average Bonchev–Trinajstić information content (AvgIpc) is 2.48. The molecule has 0 N–H and O–H groups in total. The van der Waals surface area contributed by atoms with E-state index in [2.05, 4.69) is 26.0 Å². The summed E-state index contributed by atoms with van der Waals surface area (Å²) < 4.78 is 11.5. The molecule has 0 aliphatic rings. The molecule has 0 amide bonds. The minimum Gasteiger partial charge on any atom is -0.493 e. The first-order chi connectivity index (χ1) is 9.79. The Hall–Kier alpha value is -1.96. The molecular weight excluding hydrogens is 248 g/mol. The van der Waals surface area contributed by atoms with Crippen molar-refractivity contribution in [1.29, 1.82) is 0 Å². The summed E-state index contributed by atoms with van der Waals surface area (Å²) in [6.45, 7) is 5.59. The van der Waals surface area contributed by atoms with E-state index in [4.69, 9.17) is 9.47 Å². The fourth-order valence-electron chi connectivity index (χ4n) is 1.94. The predicted molar refractivity (Wildman–Crippen MR) is 82.4 cm³/mol. The first kappa shape index (κ1) is 14.4. The van der Waals surface area contributed by atoms with Gasteiger partial charge >= 0.3 is 0 Å². The van der Waals surface area contributed by atoms with E-state index in [1.807, 2.05) is 36.4 Å². The molecule has 106 valence electrons. The lowest BCUT2D eigenvalue weighted by Gasteiger charge is -2.11. The number of hydrogen-bond donors (Lipinski definition) is 0. The van der Waals surface area contributed by atoms with Gasteiger partial charge in [0.1, 0.15) is 18.1 Å². The molecule has 0 fully saturated rings. The van der Waals surface area contributed by atoms with Gasteiger partial charge in [-0.05, 0) is 42.7 Å². The zero-order chi connectivity index (χ0) is 14.2. The zero-order valence-electron chi connectivity index (χ0n) is 12.3. The van der Waals surface area contributed by atoms with E-state index in [9.17, 15) is 0 Å². The van der Waals surface area contributed by atoms with Gasteiger partial charge in [0.05, 0.1) is 6.61 Å². The standard InChI is InChI=1S/C18H22O2/c1-3-4-12-19-18-11-10-17(13-15(18)2)20-14-16-8-6-5-7-9-16/h5-11,13H,3-4,12,14H2,1-2H3. The van der Waals surface area contributed by atoms with Crippen LogP contribution in [0.5, 0.6) is 11.5 Å². The van der Waals surface area contributed by atoms with Crippen LogP contribution >= 0.6 is 0 Å². The second-order valence-electron chi connectivity index (χ2n) is 4.90. The maximum absolute atomic E-state index is 5.80. The van der Waals surface area contributed by atoms with Crippen LogP contribution in [0.15, 0.2) is 48.5 Å². The summed E-state index contributed by atoms with van der Waals surface area (Å²) in [4.78, 5) is 0. The van der Waals surface area contributed by atoms with Gasteiger partial charge in [-0.3, -0.25) is 0 Å². The lowest BCUT2D eigenvalue weighted by Crippen LogP contribution is -1.99. The summed E-state index contributed by atoms with van der Waals surface area (Å²) in [5.41, 5.74) is 2.29. The minimum atomic E-state index is 0.594. The van der Waals surface area contributed by atoms with Crippen LogP contribution in [0.25, 0.3) is 0 Å². The van der Waals surface area contributed by atoms with Crippen molar-refractivity contribution in [3.8, 4) is 11.5 Å². The third kappa shape index (κ3) is 4.30. The van der Waals surface area contributed by atoms with Crippen LogP contribution in [0.2, 0.25) is 0 Å². The topological polar surface area (TPSA) is 18.5 Å². The van der Waals surface area contributed by atoms with Crippen molar-refractivity contribution in [2.24, 2.45) is 0 Å². The molecule has 0 radical (unpaired) electrons. The largest absolute Gasteiger partial charge is 0.493 e. The third-order valence-corrected chi connectivity index (χ3v) is 3.15. The second kappa shape index (κ2) is 7.59. The van der Waals surface area contributed by atoms with Gasteiger partial charge in [-0.2, -0.15) is 0 Å². The van der Waals surface area contributed by atoms with Crippen molar-refractivity contribution in [2.45, 2.75) is 33.3 Å². The Bertz CT molecular complexity index is 520. The molecule has 0 aromatic heterocycles. The number of hydrogen-bond acceptors (Lipinski definition) is 2. The van der Waals surface area contributed by atoms with Crippen LogP contribution in [0, 0.1) is 6.92 Å². The molecule has 2 heteroatoms. The third-order valence-electron chi connectivity index (χ3n) is 3.15. The zero-order valence-corrected chi connectivity index (χ0v) is 12.3. The van der Waals surface area contributed by atoms with E-state index in [0.717, 1.165) is 36.5 Å². The fourth-order valence-corrected chi connectivity index (χ4v) is 1.94. The molecule has 2 aromatic carbocycles. The molecule has 2 rings (SSSR count). The Kier molecular flexibility index (Phi) is 5.48. The summed E-state index contributed by atoms with van der Waals surface area (Å²) in [6, 6.07) is 16.2. The van der Waals surface area contributed by atoms with Crippen molar-refractivity contribution in [1.82, 2.24) is 0 Å². The van der Waals surface area contributed by atoms with E-state index >= 15 is 0 Å². The van der Waals surface area contributed by atoms with Crippen LogP contribution in [-0.4, -0.2) is 6.61 Å². The number of ether oxygens (including phenoxy) is 2. The van der Waals surface area contributed by atoms with Crippen molar-refractivity contribution < 1.29 is 9.47 Å². The normalized spacial score (nSPS) is 10.3. The average molecular weight is 270 g/mol. The second-order valence-corrected chi connectivity index (χ2v) is 4.90. The monoisotopic (exact) mass is 270 g/mol. The molecule has 0 aliphatic heterocycles. The lowest BCUT2D eigenvalue weighted by molar-refractivity contribution is 0.297. The molecule has 0 saturated heterocycles. The first-order valence-electron chi connectivity index (χ1n) is 7.19. The maximum Gasteiger partial charge on any atom is 0.122 e. The number of aryl methyl sites for hydroxylation is 1. The van der Waals surface area contributed by atoms with Gasteiger partial charge in [0.2, 0.25) is 0 Å². The van der Waals surface area contributed by atoms with Crippen LogP contribution in [0.4, 0.5) is 0 Å². The summed E-state index contributed by atoms with van der Waals surface area (Å²) in [7, 11) is 0. The Morgan fingerprint density at radius 2 is 1.75 bits per heavy atom. The highest BCUT2D eigenvalue weighted by Crippen LogP contribution is 2.24. The SMILES string of the molecule is CCCCOc1ccc(OCc2ccccc2)cc1C. The summed E-state index contributed by atoms with van der Waals surface area (Å²) in [6.07, 6.45) is 2.24. The van der Waals surface area contributed by atoms with Gasteiger partial charge in [0, 0.05) is 0 Å². The van der Waals surface area contributed by atoms with E-state index < -0.39 is 0 Å². The lowest BCUT2D eigenvalue weighted by atomic mass is 10.2. The Balaban J connectivity index is 1.91. The molecule has 2 nitrogen and oxygen atoms in total. The van der Waals surface area contributed by atoms with Gasteiger partial charge in [-0.25, -0.2) is 0 Å². The van der Waals surface area contributed by atoms with Gasteiger partial charge in [-0.1, -0.05) is 43.7 Å². The van der Waals surface area contributed by atoms with E-state index in [-0.39, 0.29) is 0 Å². The van der Waals surface area contributed by atoms with Gasteiger partial charge in [-0.15, -0.1) is 0 Å². The fraction of sp³-hybridized carbons (Fsp3) is 0.333. The number of rotatable bonds is 7. The van der Waals surface area contributed by atoms with Crippen molar-refractivity contribution in [3.63, 3.8) is 0 Å². The molecule has 0 atom stereocenters. The Morgan fingerprint density at radius 1 is 0.950 bits per heavy atom. The molecule has 2 aromatic rings. The van der Waals surface area contributed by atoms with Crippen molar-refractivity contribution in [3.05, 3.63) is 59.7 Å². The summed E-state index contributed by atoms with van der Waals surface area (Å²) in [5.74, 6) is 1.83. The Morgan fingerprint density at radius 3 is 2.45 bits per heavy atom. The highest BCUT2D eigenvalue weighted by Gasteiger charge is 2.02. The van der Waals surface area contributed by atoms with E-state index in [1.54, 1.807) is 0 Å². The summed E-state index contributed by atoms with van der Waals surface area (Å²) in [5, 5.41) is 0. The number of benzene rings is 2. The van der Waals surface area contributed by atoms with Gasteiger partial charge in [0.25, 0.3) is 0 Å². The van der Waals surface area contributed by atoms with Crippen molar-refractivity contribution >= 4 is 0 Å². The molecule has 0 aliphatic carbocycles. The van der Waals surface area contributed by atoms with Gasteiger partial charge < -0.3 is 9.47 Å². The molecule has 0 bridgehead atoms. The van der Waals surface area contributed by atoms with Crippen molar-refractivity contribution in [2.75, 3.05) is 6.61 Å². The molecule has 0 spiro atoms. The van der Waals surface area contributed by atoms with Crippen LogP contribution in [0.3, 0.4) is 0 Å². The van der Waals surface area contributed by atoms with E-state index in [0.29, 0.717) is 6.61 Å². The quantitative estimate of drug-likeness (QED) is 0.676. The molecular formula is C18H22O2. The highest BCUT2D eigenvalue weighted by atomic mass is 16.5. The minimum absolute atomic E-state index is 0.594. The molecule has 0 saturated carbocycles. The van der Waals surface area contributed by atoms with Crippen LogP contribution in [-0.2, 0) is 6.61 Å². The Labute approximate surface area is 121 Å². The van der Waals surface area contributed by atoms with Crippen LogP contribution < -0.4 is 9.47 Å². The molecule has 0 heterocycles. The molecule has 20 heavy (non-hydrogen) atoms. The maximum atomic E-state index is 5.80. The molecule has 0 unspecified atom stereocenters. The smallest absolute Gasteiger partial charge is 0.122 e. The van der Waals surface area contributed by atoms with Crippen LogP contribution in [0.1, 0.15) is 30.9 Å². The predicted octanol–water partition coefficient (Wildman–Crippen LogP) is 4.75.